The Labute approximate surface area is 267 Å². The normalized spacial score (nSPS) is 19.4. The van der Waals surface area contributed by atoms with Gasteiger partial charge in [-0.2, -0.15) is 13.8 Å². The summed E-state index contributed by atoms with van der Waals surface area (Å²) in [5.74, 6) is 1.55. The number of sulfonamides is 1. The Morgan fingerprint density at radius 1 is 1.18 bits per heavy atom. The third-order valence-corrected chi connectivity index (χ3v) is 10.9. The fourth-order valence-electron chi connectivity index (χ4n) is 5.97. The monoisotopic (exact) mass is 651 g/mol. The molecule has 4 aromatic rings. The van der Waals surface area contributed by atoms with Crippen molar-refractivity contribution in [1.82, 2.24) is 18.5 Å². The van der Waals surface area contributed by atoms with E-state index in [1.165, 1.54) is 28.0 Å². The van der Waals surface area contributed by atoms with Gasteiger partial charge in [-0.05, 0) is 93.9 Å². The number of nitrogens with one attached hydrogen (secondary N) is 1. The first-order chi connectivity index (χ1) is 21.3. The summed E-state index contributed by atoms with van der Waals surface area (Å²) in [4.78, 5) is -0.00371. The van der Waals surface area contributed by atoms with Crippen LogP contribution in [0.3, 0.4) is 0 Å². The number of aromatic nitrogens is 3. The van der Waals surface area contributed by atoms with E-state index in [4.69, 9.17) is 14.6 Å². The third-order valence-electron chi connectivity index (χ3n) is 8.37. The maximum atomic E-state index is 16.0. The summed E-state index contributed by atoms with van der Waals surface area (Å²) in [6.07, 6.45) is 2.60. The Kier molecular flexibility index (Phi) is 8.25. The topological polar surface area (TPSA) is 98.6 Å². The van der Waals surface area contributed by atoms with E-state index in [0.29, 0.717) is 17.4 Å². The number of benzene rings is 2. The largest absolute Gasteiger partial charge is 0.497 e. The maximum Gasteiger partial charge on any atom is 0.244 e. The summed E-state index contributed by atoms with van der Waals surface area (Å²) >= 11 is 1.36. The standard InChI is InChI=1S/C33H38FN5O4S2/c1-20(2)26-19-44-37-32(26)43-24-12-9-22(15-24)28-16-30(39(36-28)33(3,4)5)35-27-13-14-29-25(31(27)34)18-38(45(29,40)41)17-21-7-10-23(42-6)11-8-21/h7-8,10-11,13-14,16,19,22,24,35H,1,9,12,15,17-18H2,2-6H3/t22-,24+/m0/s1. The second-order valence-corrected chi connectivity index (χ2v) is 15.3. The molecule has 0 amide bonds. The summed E-state index contributed by atoms with van der Waals surface area (Å²) in [6.45, 7) is 12.2. The molecule has 45 heavy (non-hydrogen) atoms. The van der Waals surface area contributed by atoms with Gasteiger partial charge >= 0.3 is 0 Å². The van der Waals surface area contributed by atoms with Gasteiger partial charge in [0, 0.05) is 36.0 Å². The minimum atomic E-state index is -3.85. The predicted octanol–water partition coefficient (Wildman–Crippen LogP) is 7.44. The number of ether oxygens (including phenoxy) is 2. The quantitative estimate of drug-likeness (QED) is 0.201. The maximum absolute atomic E-state index is 16.0. The van der Waals surface area contributed by atoms with Crippen LogP contribution in [0.4, 0.5) is 15.9 Å². The minimum absolute atomic E-state index is 0.00371. The molecule has 0 radical (unpaired) electrons. The van der Waals surface area contributed by atoms with E-state index in [2.05, 4.69) is 16.3 Å². The van der Waals surface area contributed by atoms with Crippen molar-refractivity contribution in [3.05, 3.63) is 82.6 Å². The molecule has 2 atom stereocenters. The van der Waals surface area contributed by atoms with Crippen LogP contribution in [0.2, 0.25) is 0 Å². The van der Waals surface area contributed by atoms with Crippen molar-refractivity contribution in [2.45, 2.75) is 82.5 Å². The van der Waals surface area contributed by atoms with Crippen LogP contribution in [0.25, 0.3) is 5.57 Å². The van der Waals surface area contributed by atoms with E-state index in [1.54, 1.807) is 19.2 Å². The molecule has 1 aliphatic heterocycles. The predicted molar refractivity (Wildman–Crippen MR) is 174 cm³/mol. The highest BCUT2D eigenvalue weighted by molar-refractivity contribution is 7.89. The van der Waals surface area contributed by atoms with E-state index in [9.17, 15) is 8.42 Å². The zero-order chi connectivity index (χ0) is 32.1. The molecule has 2 aromatic heterocycles. The van der Waals surface area contributed by atoms with Crippen LogP contribution < -0.4 is 14.8 Å². The lowest BCUT2D eigenvalue weighted by Gasteiger charge is -2.23. The minimum Gasteiger partial charge on any atom is -0.497 e. The molecule has 3 heterocycles. The van der Waals surface area contributed by atoms with Crippen molar-refractivity contribution >= 4 is 38.6 Å². The molecule has 1 aliphatic carbocycles. The molecule has 0 bridgehead atoms. The smallest absolute Gasteiger partial charge is 0.244 e. The van der Waals surface area contributed by atoms with E-state index in [0.717, 1.165) is 41.7 Å². The van der Waals surface area contributed by atoms with Crippen LogP contribution >= 0.6 is 11.5 Å². The number of halogens is 1. The zero-order valence-electron chi connectivity index (χ0n) is 26.1. The van der Waals surface area contributed by atoms with Crippen LogP contribution in [-0.2, 0) is 28.7 Å². The number of rotatable bonds is 9. The molecule has 1 saturated carbocycles. The second-order valence-electron chi connectivity index (χ2n) is 12.8. The summed E-state index contributed by atoms with van der Waals surface area (Å²) in [7, 11) is -2.27. The molecule has 0 saturated heterocycles. The third kappa shape index (κ3) is 6.10. The summed E-state index contributed by atoms with van der Waals surface area (Å²) in [6, 6.07) is 12.1. The summed E-state index contributed by atoms with van der Waals surface area (Å²) in [5.41, 5.74) is 3.53. The van der Waals surface area contributed by atoms with E-state index in [-0.39, 0.29) is 41.3 Å². The number of fused-ring (bicyclic) bond motifs is 1. The molecule has 1 N–H and O–H groups in total. The average Bonchev–Trinajstić information content (AvgIpc) is 3.78. The molecule has 6 rings (SSSR count). The molecule has 0 unspecified atom stereocenters. The average molecular weight is 652 g/mol. The van der Waals surface area contributed by atoms with E-state index >= 15 is 4.39 Å². The number of allylic oxidation sites excluding steroid dienone is 1. The first-order valence-corrected chi connectivity index (χ1v) is 17.2. The summed E-state index contributed by atoms with van der Waals surface area (Å²) in [5, 5.41) is 10.2. The number of hydrogen-bond acceptors (Lipinski definition) is 8. The molecule has 2 aliphatic rings. The Balaban J connectivity index is 1.22. The van der Waals surface area contributed by atoms with Crippen LogP contribution in [0, 0.1) is 5.82 Å². The fourth-order valence-corrected chi connectivity index (χ4v) is 8.27. The Hall–Kier alpha value is -3.74. The van der Waals surface area contributed by atoms with Crippen LogP contribution in [0.5, 0.6) is 11.6 Å². The number of anilines is 2. The Morgan fingerprint density at radius 2 is 1.93 bits per heavy atom. The molecule has 9 nitrogen and oxygen atoms in total. The van der Waals surface area contributed by atoms with Crippen LogP contribution in [0.1, 0.15) is 75.3 Å². The van der Waals surface area contributed by atoms with E-state index in [1.807, 2.05) is 56.0 Å². The van der Waals surface area contributed by atoms with Gasteiger partial charge < -0.3 is 14.8 Å². The van der Waals surface area contributed by atoms with Crippen molar-refractivity contribution in [2.75, 3.05) is 12.4 Å². The lowest BCUT2D eigenvalue weighted by molar-refractivity contribution is 0.201. The Bertz CT molecular complexity index is 1840. The van der Waals surface area contributed by atoms with Gasteiger partial charge in [-0.25, -0.2) is 17.5 Å². The molecular weight excluding hydrogens is 614 g/mol. The number of methoxy groups -OCH3 is 1. The Morgan fingerprint density at radius 3 is 2.62 bits per heavy atom. The molecule has 2 aromatic carbocycles. The first kappa shape index (κ1) is 31.3. The second kappa shape index (κ2) is 11.9. The molecule has 12 heteroatoms. The fraction of sp³-hybridized carbons (Fsp3) is 0.394. The zero-order valence-corrected chi connectivity index (χ0v) is 27.8. The lowest BCUT2D eigenvalue weighted by atomic mass is 10.0. The van der Waals surface area contributed by atoms with Gasteiger partial charge in [0.1, 0.15) is 17.7 Å². The number of nitrogens with zero attached hydrogens (tertiary/aromatic N) is 4. The highest BCUT2D eigenvalue weighted by Crippen LogP contribution is 2.41. The SMILES string of the molecule is C=C(C)c1csnc1O[C@@H]1CC[C@H](c2cc(Nc3ccc4c(c3F)CN(Cc3ccc(OC)cc3)S4(=O)=O)n(C(C)(C)C)n2)C1. The van der Waals surface area contributed by atoms with Crippen molar-refractivity contribution in [3.63, 3.8) is 0 Å². The van der Waals surface area contributed by atoms with Gasteiger partial charge in [0.15, 0.2) is 5.82 Å². The van der Waals surface area contributed by atoms with Gasteiger partial charge in [0.25, 0.3) is 0 Å². The molecule has 0 spiro atoms. The van der Waals surface area contributed by atoms with Gasteiger partial charge in [0.2, 0.25) is 15.9 Å². The van der Waals surface area contributed by atoms with Crippen LogP contribution in [-0.4, -0.2) is 40.1 Å². The van der Waals surface area contributed by atoms with Crippen molar-refractivity contribution in [1.29, 1.82) is 0 Å². The van der Waals surface area contributed by atoms with Crippen molar-refractivity contribution in [2.24, 2.45) is 0 Å². The van der Waals surface area contributed by atoms with Crippen molar-refractivity contribution < 1.29 is 22.3 Å². The number of hydrogen-bond donors (Lipinski definition) is 1. The van der Waals surface area contributed by atoms with Gasteiger partial charge in [-0.1, -0.05) is 18.7 Å². The van der Waals surface area contributed by atoms with E-state index < -0.39 is 21.4 Å². The van der Waals surface area contributed by atoms with Crippen molar-refractivity contribution in [3.8, 4) is 11.6 Å². The highest BCUT2D eigenvalue weighted by atomic mass is 32.2. The van der Waals surface area contributed by atoms with Gasteiger partial charge in [-0.3, -0.25) is 0 Å². The van der Waals surface area contributed by atoms with Gasteiger partial charge in [-0.15, -0.1) is 0 Å². The molecular formula is C33H38FN5O4S2. The highest BCUT2D eigenvalue weighted by Gasteiger charge is 2.38. The first-order valence-electron chi connectivity index (χ1n) is 14.9. The molecule has 238 valence electrons. The molecule has 1 fully saturated rings. The van der Waals surface area contributed by atoms with Crippen LogP contribution in [0.15, 0.2) is 59.3 Å². The lowest BCUT2D eigenvalue weighted by Crippen LogP contribution is -2.25. The van der Waals surface area contributed by atoms with Gasteiger partial charge in [0.05, 0.1) is 34.5 Å². The summed E-state index contributed by atoms with van der Waals surface area (Å²) < 4.78 is 61.8.